The zero-order valence-electron chi connectivity index (χ0n) is 12.1. The van der Waals surface area contributed by atoms with E-state index in [4.69, 9.17) is 5.11 Å². The first-order valence-corrected chi connectivity index (χ1v) is 6.55. The van der Waals surface area contributed by atoms with E-state index in [0.29, 0.717) is 5.69 Å². The van der Waals surface area contributed by atoms with Crippen molar-refractivity contribution in [3.8, 4) is 0 Å². The number of nitrogens with one attached hydrogen (secondary N) is 1. The Kier molecular flexibility index (Phi) is 4.07. The van der Waals surface area contributed by atoms with Crippen LogP contribution in [0.25, 0.3) is 0 Å². The van der Waals surface area contributed by atoms with Crippen LogP contribution in [0.1, 0.15) is 34.6 Å². The summed E-state index contributed by atoms with van der Waals surface area (Å²) in [5.74, 6) is -1.43. The molecule has 0 radical (unpaired) electrons. The molecule has 6 heteroatoms. The molecule has 0 aliphatic heterocycles. The SMILES string of the molecule is Cc1ccc(NC(=O)c2ccnn2C(C)C(=O)O)cc1C. The van der Waals surface area contributed by atoms with E-state index >= 15 is 0 Å². The van der Waals surface area contributed by atoms with Crippen LogP contribution >= 0.6 is 0 Å². The number of aliphatic carboxylic acids is 1. The fourth-order valence-electron chi connectivity index (χ4n) is 1.92. The second-order valence-electron chi connectivity index (χ2n) is 4.93. The molecular formula is C15H17N3O3. The number of carboxylic acid groups (broad SMARTS) is 1. The predicted octanol–water partition coefficient (Wildman–Crippen LogP) is 2.40. The van der Waals surface area contributed by atoms with Crippen LogP contribution in [0.2, 0.25) is 0 Å². The van der Waals surface area contributed by atoms with Gasteiger partial charge in [0.2, 0.25) is 0 Å². The van der Waals surface area contributed by atoms with Gasteiger partial charge in [0.15, 0.2) is 0 Å². The summed E-state index contributed by atoms with van der Waals surface area (Å²) < 4.78 is 1.19. The van der Waals surface area contributed by atoms with Crippen molar-refractivity contribution in [3.05, 3.63) is 47.3 Å². The van der Waals surface area contributed by atoms with Crippen LogP contribution in [0.15, 0.2) is 30.5 Å². The van der Waals surface area contributed by atoms with Gasteiger partial charge in [0.25, 0.3) is 5.91 Å². The number of carbonyl (C=O) groups excluding carboxylic acids is 1. The van der Waals surface area contributed by atoms with Gasteiger partial charge >= 0.3 is 5.97 Å². The summed E-state index contributed by atoms with van der Waals surface area (Å²) in [6.07, 6.45) is 1.41. The van der Waals surface area contributed by atoms with Gasteiger partial charge < -0.3 is 10.4 Å². The zero-order valence-corrected chi connectivity index (χ0v) is 12.1. The van der Waals surface area contributed by atoms with Crippen molar-refractivity contribution in [2.45, 2.75) is 26.8 Å². The zero-order chi connectivity index (χ0) is 15.6. The van der Waals surface area contributed by atoms with E-state index < -0.39 is 12.0 Å². The first kappa shape index (κ1) is 14.8. The third-order valence-corrected chi connectivity index (χ3v) is 3.39. The molecule has 1 aromatic heterocycles. The Labute approximate surface area is 122 Å². The standard InChI is InChI=1S/C15H17N3O3/c1-9-4-5-12(8-10(9)2)17-14(19)13-6-7-16-18(13)11(3)15(20)21/h4-8,11H,1-3H3,(H,17,19)(H,20,21). The van der Waals surface area contributed by atoms with Gasteiger partial charge in [-0.1, -0.05) is 6.07 Å². The van der Waals surface area contributed by atoms with Crippen molar-refractivity contribution in [2.24, 2.45) is 0 Å². The van der Waals surface area contributed by atoms with Crippen LogP contribution in [0, 0.1) is 13.8 Å². The summed E-state index contributed by atoms with van der Waals surface area (Å²) >= 11 is 0. The Morgan fingerprint density at radius 2 is 1.95 bits per heavy atom. The van der Waals surface area contributed by atoms with E-state index in [0.717, 1.165) is 11.1 Å². The van der Waals surface area contributed by atoms with Gasteiger partial charge in [-0.05, 0) is 50.1 Å². The van der Waals surface area contributed by atoms with E-state index in [1.807, 2.05) is 32.0 Å². The van der Waals surface area contributed by atoms with Crippen molar-refractivity contribution in [3.63, 3.8) is 0 Å². The van der Waals surface area contributed by atoms with E-state index in [1.165, 1.54) is 23.9 Å². The molecule has 0 fully saturated rings. The molecule has 0 saturated heterocycles. The van der Waals surface area contributed by atoms with Crippen LogP contribution < -0.4 is 5.32 Å². The minimum atomic E-state index is -1.04. The summed E-state index contributed by atoms with van der Waals surface area (Å²) in [7, 11) is 0. The number of rotatable bonds is 4. The number of anilines is 1. The molecule has 0 aliphatic carbocycles. The minimum Gasteiger partial charge on any atom is -0.480 e. The molecule has 1 amide bonds. The number of aryl methyl sites for hydroxylation is 2. The Balaban J connectivity index is 2.23. The number of benzene rings is 1. The number of nitrogens with zero attached hydrogens (tertiary/aromatic N) is 2. The van der Waals surface area contributed by atoms with Crippen molar-refractivity contribution in [1.29, 1.82) is 0 Å². The molecule has 0 spiro atoms. The molecule has 1 heterocycles. The topological polar surface area (TPSA) is 84.2 Å². The molecule has 0 aliphatic rings. The van der Waals surface area contributed by atoms with E-state index in [2.05, 4.69) is 10.4 Å². The Bertz CT molecular complexity index is 691. The summed E-state index contributed by atoms with van der Waals surface area (Å²) in [6, 6.07) is 6.19. The third-order valence-electron chi connectivity index (χ3n) is 3.39. The van der Waals surface area contributed by atoms with Gasteiger partial charge in [-0.2, -0.15) is 5.10 Å². The van der Waals surface area contributed by atoms with Gasteiger partial charge in [-0.25, -0.2) is 9.48 Å². The first-order valence-electron chi connectivity index (χ1n) is 6.55. The Morgan fingerprint density at radius 3 is 2.57 bits per heavy atom. The second-order valence-corrected chi connectivity index (χ2v) is 4.93. The van der Waals surface area contributed by atoms with Gasteiger partial charge in [0.05, 0.1) is 0 Å². The fraction of sp³-hybridized carbons (Fsp3) is 0.267. The van der Waals surface area contributed by atoms with Crippen molar-refractivity contribution in [1.82, 2.24) is 9.78 Å². The van der Waals surface area contributed by atoms with Gasteiger partial charge in [-0.3, -0.25) is 4.79 Å². The lowest BCUT2D eigenvalue weighted by atomic mass is 10.1. The number of hydrogen-bond donors (Lipinski definition) is 2. The van der Waals surface area contributed by atoms with Crippen molar-refractivity contribution >= 4 is 17.6 Å². The highest BCUT2D eigenvalue weighted by Gasteiger charge is 2.21. The smallest absolute Gasteiger partial charge is 0.328 e. The quantitative estimate of drug-likeness (QED) is 0.904. The summed E-state index contributed by atoms with van der Waals surface area (Å²) in [5.41, 5.74) is 3.08. The lowest BCUT2D eigenvalue weighted by Gasteiger charge is -2.12. The van der Waals surface area contributed by atoms with Gasteiger partial charge in [0.1, 0.15) is 11.7 Å². The number of aromatic nitrogens is 2. The van der Waals surface area contributed by atoms with Crippen LogP contribution in [-0.4, -0.2) is 26.8 Å². The maximum atomic E-state index is 12.3. The molecule has 110 valence electrons. The average Bonchev–Trinajstić information content (AvgIpc) is 2.91. The maximum absolute atomic E-state index is 12.3. The molecule has 1 unspecified atom stereocenters. The second kappa shape index (κ2) is 5.78. The van der Waals surface area contributed by atoms with Gasteiger partial charge in [0, 0.05) is 11.9 Å². The van der Waals surface area contributed by atoms with Crippen LogP contribution in [0.4, 0.5) is 5.69 Å². The highest BCUT2D eigenvalue weighted by Crippen LogP contribution is 2.16. The predicted molar refractivity (Wildman–Crippen MR) is 78.4 cm³/mol. The molecule has 2 aromatic rings. The number of carbonyl (C=O) groups is 2. The molecule has 1 atom stereocenters. The highest BCUT2D eigenvalue weighted by molar-refractivity contribution is 6.03. The maximum Gasteiger partial charge on any atom is 0.328 e. The third kappa shape index (κ3) is 3.10. The van der Waals surface area contributed by atoms with E-state index in [-0.39, 0.29) is 11.6 Å². The largest absolute Gasteiger partial charge is 0.480 e. The average molecular weight is 287 g/mol. The highest BCUT2D eigenvalue weighted by atomic mass is 16.4. The summed E-state index contributed by atoms with van der Waals surface area (Å²) in [4.78, 5) is 23.3. The van der Waals surface area contributed by atoms with E-state index in [9.17, 15) is 9.59 Å². The summed E-state index contributed by atoms with van der Waals surface area (Å²) in [6.45, 7) is 5.43. The Hall–Kier alpha value is -2.63. The first-order chi connectivity index (χ1) is 9.90. The number of amides is 1. The molecule has 6 nitrogen and oxygen atoms in total. The summed E-state index contributed by atoms with van der Waals surface area (Å²) in [5, 5.41) is 15.7. The number of carboxylic acids is 1. The fourth-order valence-corrected chi connectivity index (χ4v) is 1.92. The lowest BCUT2D eigenvalue weighted by Crippen LogP contribution is -2.24. The Morgan fingerprint density at radius 1 is 1.24 bits per heavy atom. The minimum absolute atomic E-state index is 0.211. The van der Waals surface area contributed by atoms with Crippen molar-refractivity contribution < 1.29 is 14.7 Å². The molecule has 21 heavy (non-hydrogen) atoms. The molecular weight excluding hydrogens is 270 g/mol. The van der Waals surface area contributed by atoms with Gasteiger partial charge in [-0.15, -0.1) is 0 Å². The van der Waals surface area contributed by atoms with Crippen molar-refractivity contribution in [2.75, 3.05) is 5.32 Å². The molecule has 0 saturated carbocycles. The normalized spacial score (nSPS) is 12.0. The molecule has 1 aromatic carbocycles. The van der Waals surface area contributed by atoms with Crippen LogP contribution in [-0.2, 0) is 4.79 Å². The molecule has 0 bridgehead atoms. The van der Waals surface area contributed by atoms with E-state index in [1.54, 1.807) is 0 Å². The number of hydrogen-bond acceptors (Lipinski definition) is 3. The molecule has 2 rings (SSSR count). The monoisotopic (exact) mass is 287 g/mol. The van der Waals surface area contributed by atoms with Crippen LogP contribution in [0.5, 0.6) is 0 Å². The van der Waals surface area contributed by atoms with Crippen LogP contribution in [0.3, 0.4) is 0 Å². The molecule has 2 N–H and O–H groups in total. The lowest BCUT2D eigenvalue weighted by molar-refractivity contribution is -0.140.